The Morgan fingerprint density at radius 1 is 1.55 bits per heavy atom. The third kappa shape index (κ3) is 0.925. The second kappa shape index (κ2) is 2.28. The van der Waals surface area contributed by atoms with Crippen molar-refractivity contribution in [1.82, 2.24) is 14.3 Å². The number of pyridine rings is 1. The molecule has 0 aliphatic carbocycles. The summed E-state index contributed by atoms with van der Waals surface area (Å²) < 4.78 is 1.95. The Morgan fingerprint density at radius 3 is 3.09 bits per heavy atom. The predicted molar refractivity (Wildman–Crippen MR) is 47.4 cm³/mol. The van der Waals surface area contributed by atoms with E-state index in [9.17, 15) is 0 Å². The Balaban J connectivity index is 2.92. The van der Waals surface area contributed by atoms with Gasteiger partial charge in [-0.1, -0.05) is 0 Å². The molecule has 1 unspecified atom stereocenters. The third-order valence-corrected chi connectivity index (χ3v) is 2.29. The van der Waals surface area contributed by atoms with Gasteiger partial charge in [-0.25, -0.2) is 9.97 Å². The maximum Gasteiger partial charge on any atom is 0.178 e. The van der Waals surface area contributed by atoms with Crippen molar-refractivity contribution >= 4 is 20.6 Å². The lowest BCUT2D eigenvalue weighted by atomic mass is 10.4. The number of aromatic nitrogens is 3. The molecule has 2 aromatic heterocycles. The Morgan fingerprint density at radius 2 is 2.36 bits per heavy atom. The van der Waals surface area contributed by atoms with E-state index >= 15 is 0 Å². The summed E-state index contributed by atoms with van der Waals surface area (Å²) >= 11 is 0. The van der Waals surface area contributed by atoms with E-state index in [4.69, 9.17) is 0 Å². The minimum atomic E-state index is 0.806. The number of aryl methyl sites for hydroxylation is 1. The maximum atomic E-state index is 4.24. The van der Waals surface area contributed by atoms with E-state index in [1.54, 1.807) is 6.20 Å². The van der Waals surface area contributed by atoms with E-state index in [1.165, 1.54) is 0 Å². The van der Waals surface area contributed by atoms with Crippen LogP contribution in [0.15, 0.2) is 18.3 Å². The van der Waals surface area contributed by atoms with Crippen molar-refractivity contribution in [3.63, 3.8) is 0 Å². The van der Waals surface area contributed by atoms with E-state index in [-0.39, 0.29) is 0 Å². The van der Waals surface area contributed by atoms with Gasteiger partial charge in [-0.3, -0.25) is 0 Å². The monoisotopic (exact) mass is 165 g/mol. The van der Waals surface area contributed by atoms with E-state index in [0.29, 0.717) is 0 Å². The minimum absolute atomic E-state index is 0.806. The van der Waals surface area contributed by atoms with Gasteiger partial charge >= 0.3 is 0 Å². The highest BCUT2D eigenvalue weighted by atomic mass is 31.0. The molecule has 0 aromatic carbocycles. The smallest absolute Gasteiger partial charge is 0.178 e. The summed E-state index contributed by atoms with van der Waals surface area (Å²) in [6, 6.07) is 3.90. The van der Waals surface area contributed by atoms with E-state index in [2.05, 4.69) is 19.4 Å². The number of rotatable bonds is 0. The zero-order valence-corrected chi connectivity index (χ0v) is 7.31. The summed E-state index contributed by atoms with van der Waals surface area (Å²) in [5.74, 6) is 0.962. The van der Waals surface area contributed by atoms with Gasteiger partial charge in [0, 0.05) is 6.20 Å². The number of hydrogen-bond acceptors (Lipinski definition) is 2. The van der Waals surface area contributed by atoms with Gasteiger partial charge in [0.1, 0.15) is 5.82 Å². The molecule has 0 spiro atoms. The summed E-state index contributed by atoms with van der Waals surface area (Å²) in [4.78, 5) is 8.36. The fraction of sp³-hybridized carbons (Fsp3) is 0.143. The molecule has 0 bridgehead atoms. The molecule has 0 radical (unpaired) electrons. The zero-order chi connectivity index (χ0) is 7.84. The van der Waals surface area contributed by atoms with Crippen molar-refractivity contribution in [1.29, 1.82) is 0 Å². The van der Waals surface area contributed by atoms with Crippen LogP contribution in [0.3, 0.4) is 0 Å². The lowest BCUT2D eigenvalue weighted by molar-refractivity contribution is 1.11. The largest absolute Gasteiger partial charge is 0.311 e. The molecule has 2 heterocycles. The molecule has 0 aliphatic heterocycles. The van der Waals surface area contributed by atoms with Gasteiger partial charge in [0.2, 0.25) is 0 Å². The third-order valence-electron chi connectivity index (χ3n) is 1.64. The molecule has 1 atom stereocenters. The Bertz CT molecular complexity index is 393. The van der Waals surface area contributed by atoms with Gasteiger partial charge in [-0.05, 0) is 28.4 Å². The van der Waals surface area contributed by atoms with Gasteiger partial charge in [0.15, 0.2) is 5.65 Å². The fourth-order valence-electron chi connectivity index (χ4n) is 1.04. The van der Waals surface area contributed by atoms with Gasteiger partial charge in [-0.2, -0.15) is 0 Å². The normalized spacial score (nSPS) is 10.7. The second-order valence-corrected chi connectivity index (χ2v) is 2.89. The van der Waals surface area contributed by atoms with Crippen LogP contribution in [0, 0.1) is 6.92 Å². The first kappa shape index (κ1) is 6.74. The molecule has 4 heteroatoms. The Hall–Kier alpha value is -0.950. The topological polar surface area (TPSA) is 30.7 Å². The highest BCUT2D eigenvalue weighted by Crippen LogP contribution is 2.14. The molecule has 0 amide bonds. The highest BCUT2D eigenvalue weighted by Gasteiger charge is 2.01. The van der Waals surface area contributed by atoms with Crippen LogP contribution in [0.2, 0.25) is 0 Å². The molecule has 3 nitrogen and oxygen atoms in total. The number of nitrogens with zero attached hydrogens (tertiary/aromatic N) is 3. The average molecular weight is 165 g/mol. The van der Waals surface area contributed by atoms with E-state index in [1.807, 2.05) is 23.4 Å². The predicted octanol–water partition coefficient (Wildman–Crippen LogP) is 1.38. The van der Waals surface area contributed by atoms with E-state index < -0.39 is 0 Å². The van der Waals surface area contributed by atoms with Crippen molar-refractivity contribution in [3.05, 3.63) is 24.2 Å². The van der Waals surface area contributed by atoms with Crippen molar-refractivity contribution in [2.75, 3.05) is 0 Å². The van der Waals surface area contributed by atoms with Crippen molar-refractivity contribution in [2.24, 2.45) is 0 Å². The number of fused-ring (bicyclic) bond motifs is 1. The fourth-order valence-corrected chi connectivity index (χ4v) is 1.30. The van der Waals surface area contributed by atoms with Gasteiger partial charge < -0.3 is 4.34 Å². The summed E-state index contributed by atoms with van der Waals surface area (Å²) in [7, 11) is 2.60. The first-order valence-corrected chi connectivity index (χ1v) is 3.86. The molecule has 2 aromatic rings. The summed E-state index contributed by atoms with van der Waals surface area (Å²) in [6.07, 6.45) is 1.75. The maximum absolute atomic E-state index is 4.24. The average Bonchev–Trinajstić information content (AvgIpc) is 2.30. The molecule has 2 rings (SSSR count). The van der Waals surface area contributed by atoms with Crippen LogP contribution in [0.5, 0.6) is 0 Å². The molecule has 11 heavy (non-hydrogen) atoms. The van der Waals surface area contributed by atoms with Crippen LogP contribution in [-0.2, 0) is 0 Å². The Kier molecular flexibility index (Phi) is 1.40. The molecule has 0 N–H and O–H groups in total. The van der Waals surface area contributed by atoms with E-state index in [0.717, 1.165) is 17.0 Å². The summed E-state index contributed by atoms with van der Waals surface area (Å²) in [5.41, 5.74) is 1.86. The highest BCUT2D eigenvalue weighted by molar-refractivity contribution is 7.15. The van der Waals surface area contributed by atoms with Crippen LogP contribution >= 0.6 is 9.39 Å². The SMILES string of the molecule is Cc1nc2ncccc2n1P. The van der Waals surface area contributed by atoms with Crippen LogP contribution < -0.4 is 0 Å². The standard InChI is InChI=1S/C7H8N3P/c1-5-9-7-6(10(5)11)3-2-4-8-7/h2-4H,11H2,1H3. The number of imidazole rings is 1. The van der Waals surface area contributed by atoms with Gasteiger partial charge in [-0.15, -0.1) is 0 Å². The molecule has 0 fully saturated rings. The summed E-state index contributed by atoms with van der Waals surface area (Å²) in [5, 5.41) is 0. The second-order valence-electron chi connectivity index (χ2n) is 2.38. The Labute approximate surface area is 66.7 Å². The molecule has 0 aliphatic rings. The van der Waals surface area contributed by atoms with Crippen molar-refractivity contribution in [2.45, 2.75) is 6.92 Å². The lowest BCUT2D eigenvalue weighted by Gasteiger charge is -1.92. The lowest BCUT2D eigenvalue weighted by Crippen LogP contribution is -1.80. The first-order valence-electron chi connectivity index (χ1n) is 3.34. The molecule has 0 saturated heterocycles. The van der Waals surface area contributed by atoms with Crippen LogP contribution in [0.25, 0.3) is 11.2 Å². The quantitative estimate of drug-likeness (QED) is 0.552. The zero-order valence-electron chi connectivity index (χ0n) is 6.15. The van der Waals surface area contributed by atoms with Crippen LogP contribution in [0.1, 0.15) is 5.82 Å². The van der Waals surface area contributed by atoms with Crippen molar-refractivity contribution < 1.29 is 0 Å². The minimum Gasteiger partial charge on any atom is -0.311 e. The molecule has 56 valence electrons. The van der Waals surface area contributed by atoms with Crippen molar-refractivity contribution in [3.8, 4) is 0 Å². The van der Waals surface area contributed by atoms with Crippen LogP contribution in [-0.4, -0.2) is 14.3 Å². The van der Waals surface area contributed by atoms with Gasteiger partial charge in [0.25, 0.3) is 0 Å². The number of hydrogen-bond donors (Lipinski definition) is 0. The molecular weight excluding hydrogens is 157 g/mol. The van der Waals surface area contributed by atoms with Crippen LogP contribution in [0.4, 0.5) is 0 Å². The molecule has 0 saturated carbocycles. The first-order chi connectivity index (χ1) is 5.29. The van der Waals surface area contributed by atoms with Gasteiger partial charge in [0.05, 0.1) is 5.52 Å². The summed E-state index contributed by atoms with van der Waals surface area (Å²) in [6.45, 7) is 1.95. The molecular formula is C7H8N3P.